The summed E-state index contributed by atoms with van der Waals surface area (Å²) in [6.07, 6.45) is 0. The Balaban J connectivity index is 2.04. The SMILES string of the molecule is COc1ccc(N(Cc2cccs2)S(=O)(=O)c2ccc(C#N)cc2)cc1. The molecule has 0 atom stereocenters. The van der Waals surface area contributed by atoms with Gasteiger partial charge in [-0.2, -0.15) is 5.26 Å². The molecule has 26 heavy (non-hydrogen) atoms. The predicted molar refractivity (Wildman–Crippen MR) is 102 cm³/mol. The molecule has 0 saturated carbocycles. The summed E-state index contributed by atoms with van der Waals surface area (Å²) in [5, 5.41) is 10.8. The van der Waals surface area contributed by atoms with Crippen molar-refractivity contribution in [2.75, 3.05) is 11.4 Å². The monoisotopic (exact) mass is 384 g/mol. The predicted octanol–water partition coefficient (Wildman–Crippen LogP) is 4.02. The molecule has 1 heterocycles. The Kier molecular flexibility index (Phi) is 5.26. The average Bonchev–Trinajstić information content (AvgIpc) is 3.19. The maximum Gasteiger partial charge on any atom is 0.264 e. The topological polar surface area (TPSA) is 70.4 Å². The Morgan fingerprint density at radius 1 is 1.08 bits per heavy atom. The first-order valence-corrected chi connectivity index (χ1v) is 10.1. The van der Waals surface area contributed by atoms with Gasteiger partial charge in [-0.3, -0.25) is 4.31 Å². The van der Waals surface area contributed by atoms with E-state index in [1.165, 1.54) is 39.9 Å². The average molecular weight is 384 g/mol. The fourth-order valence-corrected chi connectivity index (χ4v) is 4.65. The van der Waals surface area contributed by atoms with Gasteiger partial charge in [0.2, 0.25) is 0 Å². The number of anilines is 1. The van der Waals surface area contributed by atoms with Gasteiger partial charge in [0.25, 0.3) is 10.0 Å². The second-order valence-electron chi connectivity index (χ2n) is 5.43. The molecule has 7 heteroatoms. The van der Waals surface area contributed by atoms with E-state index in [0.29, 0.717) is 17.0 Å². The number of hydrogen-bond donors (Lipinski definition) is 0. The van der Waals surface area contributed by atoms with Crippen LogP contribution in [0.25, 0.3) is 0 Å². The Labute approximate surface area is 156 Å². The van der Waals surface area contributed by atoms with E-state index in [0.717, 1.165) is 4.88 Å². The van der Waals surface area contributed by atoms with Crippen molar-refractivity contribution in [2.45, 2.75) is 11.4 Å². The molecular formula is C19H16N2O3S2. The molecule has 0 aliphatic rings. The summed E-state index contributed by atoms with van der Waals surface area (Å²) in [5.41, 5.74) is 0.960. The van der Waals surface area contributed by atoms with Gasteiger partial charge < -0.3 is 4.74 Å². The first-order chi connectivity index (χ1) is 12.5. The molecule has 3 rings (SSSR count). The number of sulfonamides is 1. The Morgan fingerprint density at radius 2 is 1.77 bits per heavy atom. The minimum absolute atomic E-state index is 0.142. The summed E-state index contributed by atoms with van der Waals surface area (Å²) < 4.78 is 33.0. The molecule has 132 valence electrons. The molecule has 0 unspecified atom stereocenters. The standard InChI is InChI=1S/C19H16N2O3S2/c1-24-17-8-6-16(7-9-17)21(14-18-3-2-12-25-18)26(22,23)19-10-4-15(13-20)5-11-19/h2-12H,14H2,1H3. The van der Waals surface area contributed by atoms with Crippen LogP contribution in [0.5, 0.6) is 5.75 Å². The van der Waals surface area contributed by atoms with Crippen LogP contribution in [-0.2, 0) is 16.6 Å². The van der Waals surface area contributed by atoms with Crippen molar-refractivity contribution in [3.8, 4) is 11.8 Å². The van der Waals surface area contributed by atoms with Gasteiger partial charge in [0.05, 0.1) is 35.9 Å². The van der Waals surface area contributed by atoms with E-state index in [4.69, 9.17) is 10.00 Å². The maximum absolute atomic E-state index is 13.2. The van der Waals surface area contributed by atoms with Crippen molar-refractivity contribution in [2.24, 2.45) is 0 Å². The molecule has 5 nitrogen and oxygen atoms in total. The number of hydrogen-bond acceptors (Lipinski definition) is 5. The first-order valence-electron chi connectivity index (χ1n) is 7.74. The fraction of sp³-hybridized carbons (Fsp3) is 0.105. The Bertz CT molecular complexity index is 1000. The van der Waals surface area contributed by atoms with Gasteiger partial charge in [-0.05, 0) is 60.0 Å². The smallest absolute Gasteiger partial charge is 0.264 e. The number of thiophene rings is 1. The highest BCUT2D eigenvalue weighted by atomic mass is 32.2. The lowest BCUT2D eigenvalue weighted by Gasteiger charge is -2.24. The minimum atomic E-state index is -3.78. The quantitative estimate of drug-likeness (QED) is 0.643. The van der Waals surface area contributed by atoms with Crippen molar-refractivity contribution in [1.29, 1.82) is 5.26 Å². The van der Waals surface area contributed by atoms with Crippen molar-refractivity contribution in [3.63, 3.8) is 0 Å². The second-order valence-corrected chi connectivity index (χ2v) is 8.32. The normalized spacial score (nSPS) is 10.9. The lowest BCUT2D eigenvalue weighted by molar-refractivity contribution is 0.415. The number of methoxy groups -OCH3 is 1. The van der Waals surface area contributed by atoms with Crippen molar-refractivity contribution >= 4 is 27.0 Å². The van der Waals surface area contributed by atoms with Crippen molar-refractivity contribution in [3.05, 3.63) is 76.5 Å². The molecule has 0 bridgehead atoms. The third-order valence-electron chi connectivity index (χ3n) is 3.81. The van der Waals surface area contributed by atoms with Gasteiger partial charge >= 0.3 is 0 Å². The number of rotatable bonds is 6. The van der Waals surface area contributed by atoms with E-state index in [9.17, 15) is 8.42 Å². The number of nitriles is 1. The van der Waals surface area contributed by atoms with Crippen LogP contribution in [0.15, 0.2) is 70.9 Å². The van der Waals surface area contributed by atoms with E-state index in [-0.39, 0.29) is 11.4 Å². The third kappa shape index (κ3) is 3.72. The molecule has 0 aliphatic carbocycles. The zero-order chi connectivity index (χ0) is 18.6. The van der Waals surface area contributed by atoms with Crippen molar-refractivity contribution in [1.82, 2.24) is 0 Å². The number of ether oxygens (including phenoxy) is 1. The molecule has 0 aliphatic heterocycles. The number of benzene rings is 2. The van der Waals surface area contributed by atoms with Crippen LogP contribution >= 0.6 is 11.3 Å². The second kappa shape index (κ2) is 7.60. The summed E-state index contributed by atoms with van der Waals surface area (Å²) >= 11 is 1.50. The van der Waals surface area contributed by atoms with E-state index in [2.05, 4.69) is 0 Å². The Morgan fingerprint density at radius 3 is 2.31 bits per heavy atom. The highest BCUT2D eigenvalue weighted by Gasteiger charge is 2.25. The van der Waals surface area contributed by atoms with Crippen LogP contribution in [0, 0.1) is 11.3 Å². The molecule has 0 fully saturated rings. The van der Waals surface area contributed by atoms with Crippen LogP contribution < -0.4 is 9.04 Å². The van der Waals surface area contributed by atoms with Crippen LogP contribution in [0.4, 0.5) is 5.69 Å². The highest BCUT2D eigenvalue weighted by Crippen LogP contribution is 2.28. The van der Waals surface area contributed by atoms with Crippen LogP contribution in [0.3, 0.4) is 0 Å². The number of nitrogens with zero attached hydrogens (tertiary/aromatic N) is 2. The van der Waals surface area contributed by atoms with Crippen LogP contribution in [0.1, 0.15) is 10.4 Å². The molecule has 0 spiro atoms. The van der Waals surface area contributed by atoms with Gasteiger partial charge in [-0.25, -0.2) is 8.42 Å². The zero-order valence-corrected chi connectivity index (χ0v) is 15.6. The van der Waals surface area contributed by atoms with E-state index >= 15 is 0 Å². The highest BCUT2D eigenvalue weighted by molar-refractivity contribution is 7.92. The summed E-state index contributed by atoms with van der Waals surface area (Å²) in [6.45, 7) is 0.229. The molecule has 0 saturated heterocycles. The minimum Gasteiger partial charge on any atom is -0.497 e. The molecule has 1 aromatic heterocycles. The van der Waals surface area contributed by atoms with Crippen LogP contribution in [0.2, 0.25) is 0 Å². The zero-order valence-electron chi connectivity index (χ0n) is 14.0. The molecule has 0 N–H and O–H groups in total. The maximum atomic E-state index is 13.2. The van der Waals surface area contributed by atoms with Gasteiger partial charge in [-0.15, -0.1) is 11.3 Å². The largest absolute Gasteiger partial charge is 0.497 e. The van der Waals surface area contributed by atoms with E-state index in [1.54, 1.807) is 31.4 Å². The lowest BCUT2D eigenvalue weighted by atomic mass is 10.2. The molecule has 0 amide bonds. The fourth-order valence-electron chi connectivity index (χ4n) is 2.44. The third-order valence-corrected chi connectivity index (χ3v) is 6.46. The van der Waals surface area contributed by atoms with Gasteiger partial charge in [0.1, 0.15) is 5.75 Å². The molecule has 2 aromatic carbocycles. The van der Waals surface area contributed by atoms with Crippen molar-refractivity contribution < 1.29 is 13.2 Å². The molecular weight excluding hydrogens is 368 g/mol. The summed E-state index contributed by atoms with van der Waals surface area (Å²) in [4.78, 5) is 1.07. The summed E-state index contributed by atoms with van der Waals surface area (Å²) in [6, 6.07) is 18.6. The lowest BCUT2D eigenvalue weighted by Crippen LogP contribution is -2.30. The molecule has 0 radical (unpaired) electrons. The van der Waals surface area contributed by atoms with E-state index in [1.807, 2.05) is 23.6 Å². The van der Waals surface area contributed by atoms with Gasteiger partial charge in [0, 0.05) is 4.88 Å². The van der Waals surface area contributed by atoms with Gasteiger partial charge in [-0.1, -0.05) is 6.07 Å². The Hall–Kier alpha value is -2.82. The van der Waals surface area contributed by atoms with Crippen LogP contribution in [-0.4, -0.2) is 15.5 Å². The summed E-state index contributed by atoms with van der Waals surface area (Å²) in [5.74, 6) is 0.653. The summed E-state index contributed by atoms with van der Waals surface area (Å²) in [7, 11) is -2.22. The first kappa shape index (κ1) is 18.0. The van der Waals surface area contributed by atoms with Gasteiger partial charge in [0.15, 0.2) is 0 Å². The molecule has 3 aromatic rings. The van der Waals surface area contributed by atoms with E-state index < -0.39 is 10.0 Å².